The SMILES string of the molecule is C=C(Br)CNCc1ccc(S(N)(=O)=O)o1. The van der Waals surface area contributed by atoms with Gasteiger partial charge in [-0.25, -0.2) is 13.6 Å². The van der Waals surface area contributed by atoms with Crippen LogP contribution in [0.1, 0.15) is 5.76 Å². The summed E-state index contributed by atoms with van der Waals surface area (Å²) in [5.41, 5.74) is 0. The topological polar surface area (TPSA) is 85.3 Å². The molecule has 1 aromatic heterocycles. The Balaban J connectivity index is 2.58. The molecule has 0 amide bonds. The number of halogens is 1. The molecule has 0 saturated carbocycles. The number of nitrogens with two attached hydrogens (primary N) is 1. The van der Waals surface area contributed by atoms with E-state index in [0.29, 0.717) is 18.8 Å². The molecule has 0 aliphatic heterocycles. The van der Waals surface area contributed by atoms with Crippen molar-refractivity contribution < 1.29 is 12.8 Å². The van der Waals surface area contributed by atoms with E-state index >= 15 is 0 Å². The van der Waals surface area contributed by atoms with Crippen molar-refractivity contribution in [3.63, 3.8) is 0 Å². The minimum atomic E-state index is -3.74. The van der Waals surface area contributed by atoms with Gasteiger partial charge >= 0.3 is 0 Å². The quantitative estimate of drug-likeness (QED) is 0.846. The van der Waals surface area contributed by atoms with Gasteiger partial charge in [0.25, 0.3) is 10.0 Å². The Kier molecular flexibility index (Phi) is 4.09. The fraction of sp³-hybridized carbons (Fsp3) is 0.250. The van der Waals surface area contributed by atoms with Gasteiger partial charge in [0.05, 0.1) is 6.54 Å². The van der Waals surface area contributed by atoms with Gasteiger partial charge in [-0.05, 0) is 12.1 Å². The monoisotopic (exact) mass is 294 g/mol. The first-order chi connectivity index (χ1) is 6.89. The highest BCUT2D eigenvalue weighted by atomic mass is 79.9. The van der Waals surface area contributed by atoms with Crippen molar-refractivity contribution in [2.24, 2.45) is 5.14 Å². The van der Waals surface area contributed by atoms with Crippen molar-refractivity contribution >= 4 is 26.0 Å². The molecule has 0 saturated heterocycles. The number of hydrogen-bond donors (Lipinski definition) is 2. The lowest BCUT2D eigenvalue weighted by Gasteiger charge is -1.99. The molecule has 7 heteroatoms. The van der Waals surface area contributed by atoms with Crippen molar-refractivity contribution in [3.8, 4) is 0 Å². The molecule has 0 bridgehead atoms. The van der Waals surface area contributed by atoms with Crippen LogP contribution >= 0.6 is 15.9 Å². The summed E-state index contributed by atoms with van der Waals surface area (Å²) in [6.45, 7) is 4.63. The van der Waals surface area contributed by atoms with Crippen LogP contribution in [0.15, 0.2) is 32.7 Å². The molecule has 3 N–H and O–H groups in total. The molecule has 0 aromatic carbocycles. The van der Waals surface area contributed by atoms with Gasteiger partial charge in [0.1, 0.15) is 5.76 Å². The molecule has 15 heavy (non-hydrogen) atoms. The molecule has 1 heterocycles. The highest BCUT2D eigenvalue weighted by molar-refractivity contribution is 9.11. The summed E-state index contributed by atoms with van der Waals surface area (Å²) in [5, 5.41) is 7.65. The first-order valence-electron chi connectivity index (χ1n) is 4.05. The molecule has 0 fully saturated rings. The molecular weight excluding hydrogens is 284 g/mol. The van der Waals surface area contributed by atoms with Gasteiger partial charge in [-0.2, -0.15) is 0 Å². The number of rotatable bonds is 5. The molecule has 1 aromatic rings. The largest absolute Gasteiger partial charge is 0.447 e. The van der Waals surface area contributed by atoms with E-state index in [-0.39, 0.29) is 5.09 Å². The predicted molar refractivity (Wildman–Crippen MR) is 59.9 cm³/mol. The van der Waals surface area contributed by atoms with Crippen LogP contribution in [0.5, 0.6) is 0 Å². The molecule has 0 aliphatic carbocycles. The van der Waals surface area contributed by atoms with Crippen LogP contribution < -0.4 is 10.5 Å². The van der Waals surface area contributed by atoms with E-state index in [1.807, 2.05) is 0 Å². The third kappa shape index (κ3) is 4.17. The summed E-state index contributed by atoms with van der Waals surface area (Å²) >= 11 is 3.18. The van der Waals surface area contributed by atoms with E-state index in [2.05, 4.69) is 27.8 Å². The molecule has 0 atom stereocenters. The first-order valence-corrected chi connectivity index (χ1v) is 6.39. The van der Waals surface area contributed by atoms with E-state index in [1.54, 1.807) is 6.07 Å². The average Bonchev–Trinajstić information content (AvgIpc) is 2.51. The molecular formula is C8H11BrN2O3S. The third-order valence-electron chi connectivity index (χ3n) is 1.53. The fourth-order valence-corrected chi connectivity index (χ4v) is 1.61. The fourth-order valence-electron chi connectivity index (χ4n) is 0.927. The van der Waals surface area contributed by atoms with E-state index in [1.165, 1.54) is 6.07 Å². The summed E-state index contributed by atoms with van der Waals surface area (Å²) in [6, 6.07) is 2.89. The number of nitrogens with one attached hydrogen (secondary N) is 1. The van der Waals surface area contributed by atoms with Gasteiger partial charge in [0.15, 0.2) is 0 Å². The lowest BCUT2D eigenvalue weighted by atomic mass is 10.4. The summed E-state index contributed by atoms with van der Waals surface area (Å²) in [4.78, 5) is 0. The molecule has 0 radical (unpaired) electrons. The van der Waals surface area contributed by atoms with Crippen molar-refractivity contribution in [2.45, 2.75) is 11.6 Å². The number of furan rings is 1. The van der Waals surface area contributed by atoms with Crippen molar-refractivity contribution in [1.29, 1.82) is 0 Å². The molecule has 5 nitrogen and oxygen atoms in total. The van der Waals surface area contributed by atoms with E-state index in [4.69, 9.17) is 9.56 Å². The Labute approximate surface area is 96.5 Å². The minimum Gasteiger partial charge on any atom is -0.447 e. The molecule has 0 aliphatic rings. The maximum absolute atomic E-state index is 10.9. The molecule has 0 unspecified atom stereocenters. The van der Waals surface area contributed by atoms with Crippen LogP contribution in [0.25, 0.3) is 0 Å². The van der Waals surface area contributed by atoms with Gasteiger partial charge in [-0.15, -0.1) is 0 Å². The summed E-state index contributed by atoms with van der Waals surface area (Å²) < 4.78 is 27.6. The van der Waals surface area contributed by atoms with Crippen molar-refractivity contribution in [3.05, 3.63) is 29.0 Å². The number of sulfonamides is 1. The molecule has 1 rings (SSSR count). The van der Waals surface area contributed by atoms with Crippen LogP contribution in [0.3, 0.4) is 0 Å². The maximum atomic E-state index is 10.9. The van der Waals surface area contributed by atoms with Gasteiger partial charge in [0.2, 0.25) is 5.09 Å². The summed E-state index contributed by atoms with van der Waals surface area (Å²) in [6.07, 6.45) is 0. The Bertz CT molecular complexity index is 452. The smallest absolute Gasteiger partial charge is 0.271 e. The summed E-state index contributed by atoms with van der Waals surface area (Å²) in [5.74, 6) is 0.507. The molecule has 0 spiro atoms. The highest BCUT2D eigenvalue weighted by Crippen LogP contribution is 2.11. The van der Waals surface area contributed by atoms with Gasteiger partial charge < -0.3 is 9.73 Å². The van der Waals surface area contributed by atoms with Crippen LogP contribution in [-0.2, 0) is 16.6 Å². The van der Waals surface area contributed by atoms with Gasteiger partial charge in [0, 0.05) is 11.0 Å². The minimum absolute atomic E-state index is 0.225. The van der Waals surface area contributed by atoms with Crippen LogP contribution in [0.4, 0.5) is 0 Å². The zero-order valence-electron chi connectivity index (χ0n) is 7.86. The maximum Gasteiger partial charge on any atom is 0.271 e. The van der Waals surface area contributed by atoms with Gasteiger partial charge in [-0.1, -0.05) is 22.5 Å². The Hall–Kier alpha value is -0.630. The van der Waals surface area contributed by atoms with Crippen LogP contribution in [-0.4, -0.2) is 15.0 Å². The van der Waals surface area contributed by atoms with E-state index in [9.17, 15) is 8.42 Å². The van der Waals surface area contributed by atoms with E-state index < -0.39 is 10.0 Å². The van der Waals surface area contributed by atoms with E-state index in [0.717, 1.165) is 4.48 Å². The average molecular weight is 295 g/mol. The zero-order chi connectivity index (χ0) is 11.5. The zero-order valence-corrected chi connectivity index (χ0v) is 10.3. The third-order valence-corrected chi connectivity index (χ3v) is 2.59. The Morgan fingerprint density at radius 3 is 2.73 bits per heavy atom. The van der Waals surface area contributed by atoms with Gasteiger partial charge in [-0.3, -0.25) is 0 Å². The second-order valence-electron chi connectivity index (χ2n) is 2.89. The van der Waals surface area contributed by atoms with Crippen molar-refractivity contribution in [1.82, 2.24) is 5.32 Å². The second kappa shape index (κ2) is 4.93. The Morgan fingerprint density at radius 2 is 2.27 bits per heavy atom. The predicted octanol–water partition coefficient (Wildman–Crippen LogP) is 0.925. The highest BCUT2D eigenvalue weighted by Gasteiger charge is 2.12. The van der Waals surface area contributed by atoms with Crippen LogP contribution in [0.2, 0.25) is 0 Å². The number of primary sulfonamides is 1. The summed E-state index contributed by atoms with van der Waals surface area (Å²) in [7, 11) is -3.74. The molecule has 84 valence electrons. The normalized spacial score (nSPS) is 11.6. The second-order valence-corrected chi connectivity index (χ2v) is 5.50. The number of hydrogen-bond acceptors (Lipinski definition) is 4. The standard InChI is InChI=1S/C8H11BrN2O3S/c1-6(9)4-11-5-7-2-3-8(14-7)15(10,12)13/h2-3,11H,1,4-5H2,(H2,10,12,13). The Morgan fingerprint density at radius 1 is 1.60 bits per heavy atom. The first kappa shape index (κ1) is 12.4. The lowest BCUT2D eigenvalue weighted by molar-refractivity contribution is 0.405. The van der Waals surface area contributed by atoms with Crippen LogP contribution in [0, 0.1) is 0 Å². The lowest BCUT2D eigenvalue weighted by Crippen LogP contribution is -2.14. The van der Waals surface area contributed by atoms with Crippen molar-refractivity contribution in [2.75, 3.05) is 6.54 Å².